The van der Waals surface area contributed by atoms with E-state index in [0.717, 1.165) is 45.3 Å². The minimum absolute atomic E-state index is 0.215. The van der Waals surface area contributed by atoms with Crippen LogP contribution in [0, 0.1) is 0 Å². The van der Waals surface area contributed by atoms with E-state index in [-0.39, 0.29) is 5.92 Å². The number of fused-ring (bicyclic) bond motifs is 4. The summed E-state index contributed by atoms with van der Waals surface area (Å²) in [4.78, 5) is 5.08. The first-order valence-corrected chi connectivity index (χ1v) is 10.0. The summed E-state index contributed by atoms with van der Waals surface area (Å²) in [7, 11) is 0. The lowest BCUT2D eigenvalue weighted by Crippen LogP contribution is -2.13. The number of benzene rings is 4. The minimum Gasteiger partial charge on any atom is -0.455 e. The molecular formula is C27H19NO. The normalized spacial score (nSPS) is 15.6. The van der Waals surface area contributed by atoms with Gasteiger partial charge in [-0.3, -0.25) is 4.99 Å². The fraction of sp³-hybridized carbons (Fsp3) is 0.0741. The van der Waals surface area contributed by atoms with Gasteiger partial charge in [-0.05, 0) is 35.7 Å². The molecule has 2 heterocycles. The monoisotopic (exact) mass is 373 g/mol. The summed E-state index contributed by atoms with van der Waals surface area (Å²) in [6, 6.07) is 33.8. The number of hydrogen-bond donors (Lipinski definition) is 0. The third-order valence-corrected chi connectivity index (χ3v) is 5.85. The molecule has 0 bridgehead atoms. The highest BCUT2D eigenvalue weighted by Crippen LogP contribution is 2.42. The molecule has 0 aliphatic carbocycles. The van der Waals surface area contributed by atoms with Crippen molar-refractivity contribution in [2.24, 2.45) is 4.99 Å². The average Bonchev–Trinajstić information content (AvgIpc) is 3.33. The number of rotatable bonds is 3. The van der Waals surface area contributed by atoms with Crippen LogP contribution in [0.3, 0.4) is 0 Å². The maximum atomic E-state index is 6.31. The smallest absolute Gasteiger partial charge is 0.144 e. The molecule has 1 aromatic heterocycles. The van der Waals surface area contributed by atoms with E-state index in [0.29, 0.717) is 0 Å². The Bertz CT molecular complexity index is 1380. The third kappa shape index (κ3) is 2.60. The van der Waals surface area contributed by atoms with Crippen molar-refractivity contribution in [3.05, 3.63) is 114 Å². The van der Waals surface area contributed by atoms with Crippen molar-refractivity contribution in [3.8, 4) is 0 Å². The van der Waals surface area contributed by atoms with Gasteiger partial charge in [-0.1, -0.05) is 78.9 Å². The topological polar surface area (TPSA) is 25.5 Å². The Balaban J connectivity index is 1.55. The molecule has 1 aliphatic heterocycles. The average molecular weight is 373 g/mol. The standard InChI is InChI=1S/C27H19NO/c1-2-9-18(10-3-1)17-23-19-11-4-6-15-24(19)28-26(23)22-14-8-13-21-20-12-5-7-16-25(20)29-27(21)22/h1-16,23H,17H2. The molecule has 0 amide bonds. The second-order valence-electron chi connectivity index (χ2n) is 7.58. The third-order valence-electron chi connectivity index (χ3n) is 5.85. The first-order chi connectivity index (χ1) is 14.4. The van der Waals surface area contributed by atoms with Crippen LogP contribution in [0.5, 0.6) is 0 Å². The van der Waals surface area contributed by atoms with Crippen LogP contribution in [0.2, 0.25) is 0 Å². The van der Waals surface area contributed by atoms with Crippen LogP contribution in [0.4, 0.5) is 5.69 Å². The molecule has 2 nitrogen and oxygen atoms in total. The lowest BCUT2D eigenvalue weighted by atomic mass is 9.86. The molecule has 0 saturated carbocycles. The molecule has 29 heavy (non-hydrogen) atoms. The van der Waals surface area contributed by atoms with E-state index in [1.54, 1.807) is 0 Å². The Morgan fingerprint density at radius 3 is 2.38 bits per heavy atom. The number of hydrogen-bond acceptors (Lipinski definition) is 2. The highest BCUT2D eigenvalue weighted by molar-refractivity contribution is 6.19. The summed E-state index contributed by atoms with van der Waals surface area (Å²) in [6.07, 6.45) is 0.924. The van der Waals surface area contributed by atoms with Crippen LogP contribution in [-0.2, 0) is 6.42 Å². The largest absolute Gasteiger partial charge is 0.455 e. The van der Waals surface area contributed by atoms with Crippen molar-refractivity contribution in [1.29, 1.82) is 0 Å². The quantitative estimate of drug-likeness (QED) is 0.333. The predicted octanol–water partition coefficient (Wildman–Crippen LogP) is 7.05. The summed E-state index contributed by atoms with van der Waals surface area (Å²) in [5.41, 5.74) is 7.72. The van der Waals surface area contributed by atoms with Gasteiger partial charge in [0.05, 0.1) is 11.4 Å². The maximum Gasteiger partial charge on any atom is 0.144 e. The summed E-state index contributed by atoms with van der Waals surface area (Å²) < 4.78 is 6.31. The zero-order valence-electron chi connectivity index (χ0n) is 15.9. The Kier molecular flexibility index (Phi) is 3.63. The van der Waals surface area contributed by atoms with Crippen LogP contribution in [-0.4, -0.2) is 5.71 Å². The molecule has 0 fully saturated rings. The highest BCUT2D eigenvalue weighted by Gasteiger charge is 2.30. The molecule has 1 unspecified atom stereocenters. The second-order valence-corrected chi connectivity index (χ2v) is 7.58. The van der Waals surface area contributed by atoms with Crippen LogP contribution >= 0.6 is 0 Å². The Morgan fingerprint density at radius 1 is 0.690 bits per heavy atom. The SMILES string of the molecule is c1ccc(CC2C(c3cccc4c3oc3ccccc34)=Nc3ccccc32)cc1. The van der Waals surface area contributed by atoms with E-state index < -0.39 is 0 Å². The molecule has 0 radical (unpaired) electrons. The summed E-state index contributed by atoms with van der Waals surface area (Å²) in [6.45, 7) is 0. The fourth-order valence-corrected chi connectivity index (χ4v) is 4.49. The molecule has 0 saturated heterocycles. The first-order valence-electron chi connectivity index (χ1n) is 10.0. The lowest BCUT2D eigenvalue weighted by Gasteiger charge is -2.15. The zero-order chi connectivity index (χ0) is 19.2. The van der Waals surface area contributed by atoms with Crippen molar-refractivity contribution in [3.63, 3.8) is 0 Å². The van der Waals surface area contributed by atoms with E-state index >= 15 is 0 Å². The van der Waals surface area contributed by atoms with Crippen molar-refractivity contribution in [2.45, 2.75) is 12.3 Å². The van der Waals surface area contributed by atoms with Gasteiger partial charge in [0, 0.05) is 22.3 Å². The Labute approximate surface area is 169 Å². The number of aliphatic imine (C=N–C) groups is 1. The van der Waals surface area contributed by atoms with Gasteiger partial charge in [-0.2, -0.15) is 0 Å². The molecule has 0 spiro atoms. The Hall–Kier alpha value is -3.65. The van der Waals surface area contributed by atoms with Crippen molar-refractivity contribution < 1.29 is 4.42 Å². The van der Waals surface area contributed by atoms with Crippen LogP contribution < -0.4 is 0 Å². The minimum atomic E-state index is 0.215. The van der Waals surface area contributed by atoms with Gasteiger partial charge in [-0.25, -0.2) is 0 Å². The van der Waals surface area contributed by atoms with E-state index in [1.165, 1.54) is 11.1 Å². The van der Waals surface area contributed by atoms with Gasteiger partial charge in [0.15, 0.2) is 0 Å². The van der Waals surface area contributed by atoms with Gasteiger partial charge < -0.3 is 4.42 Å². The molecule has 1 aliphatic rings. The van der Waals surface area contributed by atoms with Crippen LogP contribution in [0.15, 0.2) is 106 Å². The second kappa shape index (κ2) is 6.46. The van der Waals surface area contributed by atoms with Crippen molar-refractivity contribution >= 4 is 33.3 Å². The van der Waals surface area contributed by atoms with Crippen LogP contribution in [0.1, 0.15) is 22.6 Å². The number of furan rings is 1. The van der Waals surface area contributed by atoms with Gasteiger partial charge >= 0.3 is 0 Å². The van der Waals surface area contributed by atoms with E-state index in [4.69, 9.17) is 9.41 Å². The van der Waals surface area contributed by atoms with Gasteiger partial charge in [-0.15, -0.1) is 0 Å². The van der Waals surface area contributed by atoms with E-state index in [9.17, 15) is 0 Å². The van der Waals surface area contributed by atoms with E-state index in [2.05, 4.69) is 84.9 Å². The van der Waals surface area contributed by atoms with Gasteiger partial charge in [0.25, 0.3) is 0 Å². The fourth-order valence-electron chi connectivity index (χ4n) is 4.49. The molecule has 1 atom stereocenters. The molecule has 5 aromatic rings. The molecular weight excluding hydrogens is 354 g/mol. The lowest BCUT2D eigenvalue weighted by molar-refractivity contribution is 0.667. The van der Waals surface area contributed by atoms with Gasteiger partial charge in [0.2, 0.25) is 0 Å². The maximum absolute atomic E-state index is 6.31. The highest BCUT2D eigenvalue weighted by atomic mass is 16.3. The number of nitrogens with zero attached hydrogens (tertiary/aromatic N) is 1. The number of para-hydroxylation sites is 3. The molecule has 138 valence electrons. The molecule has 6 rings (SSSR count). The van der Waals surface area contributed by atoms with Crippen LogP contribution in [0.25, 0.3) is 21.9 Å². The summed E-state index contributed by atoms with van der Waals surface area (Å²) in [5.74, 6) is 0.215. The summed E-state index contributed by atoms with van der Waals surface area (Å²) >= 11 is 0. The van der Waals surface area contributed by atoms with Gasteiger partial charge in [0.1, 0.15) is 11.2 Å². The molecule has 4 aromatic carbocycles. The molecule has 0 N–H and O–H groups in total. The summed E-state index contributed by atoms with van der Waals surface area (Å²) in [5, 5.41) is 2.30. The van der Waals surface area contributed by atoms with Crippen molar-refractivity contribution in [1.82, 2.24) is 0 Å². The van der Waals surface area contributed by atoms with E-state index in [1.807, 2.05) is 12.1 Å². The first kappa shape index (κ1) is 16.3. The predicted molar refractivity (Wildman–Crippen MR) is 119 cm³/mol. The Morgan fingerprint density at radius 2 is 1.45 bits per heavy atom. The zero-order valence-corrected chi connectivity index (χ0v) is 15.9. The van der Waals surface area contributed by atoms with Crippen molar-refractivity contribution in [2.75, 3.05) is 0 Å². The molecule has 2 heteroatoms.